The monoisotopic (exact) mass is 331 g/mol. The van der Waals surface area contributed by atoms with Gasteiger partial charge in [0.15, 0.2) is 11.5 Å². The maximum Gasteiger partial charge on any atom is 0.203 e. The quantitative estimate of drug-likeness (QED) is 0.781. The molecule has 2 aromatic carbocycles. The summed E-state index contributed by atoms with van der Waals surface area (Å²) in [5, 5.41) is 0. The predicted octanol–water partition coefficient (Wildman–Crippen LogP) is 3.85. The number of nitrogens with two attached hydrogens (primary N) is 1. The number of anilines is 1. The van der Waals surface area contributed by atoms with Crippen LogP contribution in [-0.4, -0.2) is 27.9 Å². The fourth-order valence-corrected chi connectivity index (χ4v) is 2.67. The SMILES string of the molecule is CCOc1ccc(C(C)c2cc(OC)c(OC)c(OC)c2)cc1N. The molecule has 0 bridgehead atoms. The molecule has 0 spiro atoms. The lowest BCUT2D eigenvalue weighted by atomic mass is 9.92. The summed E-state index contributed by atoms with van der Waals surface area (Å²) in [6, 6.07) is 9.79. The molecule has 5 nitrogen and oxygen atoms in total. The fraction of sp³-hybridized carbons (Fsp3) is 0.368. The Balaban J connectivity index is 2.42. The van der Waals surface area contributed by atoms with Crippen LogP contribution in [-0.2, 0) is 0 Å². The molecule has 1 unspecified atom stereocenters. The van der Waals surface area contributed by atoms with E-state index in [0.717, 1.165) is 11.1 Å². The molecule has 2 rings (SSSR count). The van der Waals surface area contributed by atoms with Crippen molar-refractivity contribution in [2.24, 2.45) is 0 Å². The lowest BCUT2D eigenvalue weighted by Gasteiger charge is -2.19. The molecule has 2 aromatic rings. The Labute approximate surface area is 143 Å². The van der Waals surface area contributed by atoms with Crippen molar-refractivity contribution in [1.82, 2.24) is 0 Å². The minimum atomic E-state index is 0.108. The highest BCUT2D eigenvalue weighted by Crippen LogP contribution is 2.41. The number of rotatable bonds is 7. The zero-order valence-electron chi connectivity index (χ0n) is 14.9. The molecule has 2 N–H and O–H groups in total. The number of methoxy groups -OCH3 is 3. The molecule has 5 heteroatoms. The first-order valence-electron chi connectivity index (χ1n) is 7.87. The fourth-order valence-electron chi connectivity index (χ4n) is 2.67. The van der Waals surface area contributed by atoms with Crippen LogP contribution in [0.2, 0.25) is 0 Å². The van der Waals surface area contributed by atoms with Crippen LogP contribution in [0.5, 0.6) is 23.0 Å². The van der Waals surface area contributed by atoms with E-state index in [2.05, 4.69) is 6.92 Å². The Hall–Kier alpha value is -2.56. The minimum Gasteiger partial charge on any atom is -0.493 e. The number of benzene rings is 2. The van der Waals surface area contributed by atoms with Crippen molar-refractivity contribution < 1.29 is 18.9 Å². The van der Waals surface area contributed by atoms with Crippen molar-refractivity contribution in [2.75, 3.05) is 33.7 Å². The van der Waals surface area contributed by atoms with Crippen molar-refractivity contribution in [1.29, 1.82) is 0 Å². The summed E-state index contributed by atoms with van der Waals surface area (Å²) in [6.45, 7) is 4.63. The van der Waals surface area contributed by atoms with Crippen LogP contribution >= 0.6 is 0 Å². The Bertz CT molecular complexity index is 675. The maximum atomic E-state index is 6.09. The molecule has 0 aliphatic carbocycles. The molecule has 0 aromatic heterocycles. The second-order valence-corrected chi connectivity index (χ2v) is 5.41. The van der Waals surface area contributed by atoms with Crippen LogP contribution in [0.3, 0.4) is 0 Å². The van der Waals surface area contributed by atoms with Gasteiger partial charge in [0.1, 0.15) is 5.75 Å². The second kappa shape index (κ2) is 7.81. The van der Waals surface area contributed by atoms with Gasteiger partial charge >= 0.3 is 0 Å². The summed E-state index contributed by atoms with van der Waals surface area (Å²) >= 11 is 0. The molecule has 0 radical (unpaired) electrons. The number of hydrogen-bond acceptors (Lipinski definition) is 5. The highest BCUT2D eigenvalue weighted by molar-refractivity contribution is 5.58. The Morgan fingerprint density at radius 1 is 0.875 bits per heavy atom. The van der Waals surface area contributed by atoms with Crippen LogP contribution in [0.25, 0.3) is 0 Å². The van der Waals surface area contributed by atoms with E-state index in [9.17, 15) is 0 Å². The van der Waals surface area contributed by atoms with Gasteiger partial charge < -0.3 is 24.7 Å². The van der Waals surface area contributed by atoms with Crippen LogP contribution in [0, 0.1) is 0 Å². The lowest BCUT2D eigenvalue weighted by molar-refractivity contribution is 0.323. The van der Waals surface area contributed by atoms with Crippen molar-refractivity contribution in [3.8, 4) is 23.0 Å². The van der Waals surface area contributed by atoms with Crippen LogP contribution in [0.4, 0.5) is 5.69 Å². The first-order valence-corrected chi connectivity index (χ1v) is 7.87. The van der Waals surface area contributed by atoms with E-state index in [-0.39, 0.29) is 5.92 Å². The van der Waals surface area contributed by atoms with Gasteiger partial charge in [-0.05, 0) is 42.3 Å². The normalized spacial score (nSPS) is 11.7. The largest absolute Gasteiger partial charge is 0.493 e. The van der Waals surface area contributed by atoms with Crippen LogP contribution in [0.15, 0.2) is 30.3 Å². The third kappa shape index (κ3) is 3.50. The molecule has 24 heavy (non-hydrogen) atoms. The van der Waals surface area contributed by atoms with Crippen molar-refractivity contribution in [3.05, 3.63) is 41.5 Å². The van der Waals surface area contributed by atoms with Crippen LogP contribution < -0.4 is 24.7 Å². The van der Waals surface area contributed by atoms with Gasteiger partial charge in [-0.3, -0.25) is 0 Å². The first kappa shape index (κ1) is 17.8. The Morgan fingerprint density at radius 3 is 1.96 bits per heavy atom. The molecule has 0 fully saturated rings. The molecule has 130 valence electrons. The molecule has 0 aliphatic rings. The topological polar surface area (TPSA) is 62.9 Å². The Morgan fingerprint density at radius 2 is 1.50 bits per heavy atom. The van der Waals surface area contributed by atoms with Gasteiger partial charge in [-0.1, -0.05) is 13.0 Å². The molecule has 0 heterocycles. The highest BCUT2D eigenvalue weighted by atomic mass is 16.5. The lowest BCUT2D eigenvalue weighted by Crippen LogP contribution is -2.03. The van der Waals surface area contributed by atoms with E-state index in [4.69, 9.17) is 24.7 Å². The number of ether oxygens (including phenoxy) is 4. The van der Waals surface area contributed by atoms with Gasteiger partial charge in [0, 0.05) is 5.92 Å². The van der Waals surface area contributed by atoms with Crippen molar-refractivity contribution >= 4 is 5.69 Å². The molecule has 0 saturated heterocycles. The number of hydrogen-bond donors (Lipinski definition) is 1. The summed E-state index contributed by atoms with van der Waals surface area (Å²) in [5.74, 6) is 2.67. The van der Waals surface area contributed by atoms with Gasteiger partial charge in [0.25, 0.3) is 0 Å². The molecular weight excluding hydrogens is 306 g/mol. The molecular formula is C19H25NO4. The maximum absolute atomic E-state index is 6.09. The van der Waals surface area contributed by atoms with Gasteiger partial charge in [-0.2, -0.15) is 0 Å². The van der Waals surface area contributed by atoms with Crippen LogP contribution in [0.1, 0.15) is 30.9 Å². The zero-order valence-corrected chi connectivity index (χ0v) is 14.9. The van der Waals surface area contributed by atoms with Crippen molar-refractivity contribution in [3.63, 3.8) is 0 Å². The average Bonchev–Trinajstić information content (AvgIpc) is 2.61. The van der Waals surface area contributed by atoms with E-state index in [1.807, 2.05) is 37.3 Å². The van der Waals surface area contributed by atoms with E-state index >= 15 is 0 Å². The van der Waals surface area contributed by atoms with Gasteiger partial charge in [0.2, 0.25) is 5.75 Å². The van der Waals surface area contributed by atoms with E-state index in [1.54, 1.807) is 21.3 Å². The van der Waals surface area contributed by atoms with Gasteiger partial charge in [-0.25, -0.2) is 0 Å². The molecule has 1 atom stereocenters. The van der Waals surface area contributed by atoms with Gasteiger partial charge in [0.05, 0.1) is 33.6 Å². The zero-order chi connectivity index (χ0) is 17.7. The predicted molar refractivity (Wildman–Crippen MR) is 95.6 cm³/mol. The van der Waals surface area contributed by atoms with Crippen molar-refractivity contribution in [2.45, 2.75) is 19.8 Å². The smallest absolute Gasteiger partial charge is 0.203 e. The molecule has 0 saturated carbocycles. The Kier molecular flexibility index (Phi) is 5.79. The second-order valence-electron chi connectivity index (χ2n) is 5.41. The summed E-state index contributed by atoms with van der Waals surface area (Å²) < 4.78 is 21.7. The first-order chi connectivity index (χ1) is 11.5. The van der Waals surface area contributed by atoms with E-state index < -0.39 is 0 Å². The summed E-state index contributed by atoms with van der Waals surface area (Å²) in [4.78, 5) is 0. The van der Waals surface area contributed by atoms with E-state index in [0.29, 0.717) is 35.3 Å². The molecule has 0 aliphatic heterocycles. The third-order valence-corrected chi connectivity index (χ3v) is 4.02. The standard InChI is InChI=1S/C19H25NO4/c1-6-24-16-8-7-13(9-15(16)20)12(2)14-10-17(21-3)19(23-5)18(11-14)22-4/h7-12H,6,20H2,1-5H3. The summed E-state index contributed by atoms with van der Waals surface area (Å²) in [7, 11) is 4.82. The average molecular weight is 331 g/mol. The number of nitrogen functional groups attached to an aromatic ring is 1. The van der Waals surface area contributed by atoms with Gasteiger partial charge in [-0.15, -0.1) is 0 Å². The van der Waals surface area contributed by atoms with E-state index in [1.165, 1.54) is 0 Å². The molecule has 0 amide bonds. The summed E-state index contributed by atoms with van der Waals surface area (Å²) in [6.07, 6.45) is 0. The summed E-state index contributed by atoms with van der Waals surface area (Å²) in [5.41, 5.74) is 8.86. The highest BCUT2D eigenvalue weighted by Gasteiger charge is 2.18. The minimum absolute atomic E-state index is 0.108. The third-order valence-electron chi connectivity index (χ3n) is 4.02.